The van der Waals surface area contributed by atoms with Crippen LogP contribution in [0.3, 0.4) is 0 Å². The molecule has 5 nitrogen and oxygen atoms in total. The minimum absolute atomic E-state index is 0.0913. The van der Waals surface area contributed by atoms with Gasteiger partial charge in [-0.15, -0.1) is 11.3 Å². The zero-order valence-corrected chi connectivity index (χ0v) is 15.9. The van der Waals surface area contributed by atoms with Crippen molar-refractivity contribution in [2.45, 2.75) is 32.2 Å². The second-order valence-corrected chi connectivity index (χ2v) is 7.56. The van der Waals surface area contributed by atoms with Crippen molar-refractivity contribution in [2.24, 2.45) is 7.05 Å². The van der Waals surface area contributed by atoms with Gasteiger partial charge in [0, 0.05) is 42.5 Å². The summed E-state index contributed by atoms with van der Waals surface area (Å²) >= 11 is 1.51. The molecule has 0 bridgehead atoms. The lowest BCUT2D eigenvalue weighted by molar-refractivity contribution is 0.248. The van der Waals surface area contributed by atoms with Gasteiger partial charge in [0.15, 0.2) is 5.13 Å². The first-order valence-electron chi connectivity index (χ1n) is 8.76. The van der Waals surface area contributed by atoms with E-state index in [0.29, 0.717) is 5.13 Å². The maximum atomic E-state index is 12.2. The summed E-state index contributed by atoms with van der Waals surface area (Å²) in [5.74, 6) is 0. The zero-order valence-electron chi connectivity index (χ0n) is 15.1. The lowest BCUT2D eigenvalue weighted by Crippen LogP contribution is -2.36. The Balaban J connectivity index is 1.45. The van der Waals surface area contributed by atoms with E-state index < -0.39 is 0 Å². The van der Waals surface area contributed by atoms with Crippen molar-refractivity contribution in [3.8, 4) is 0 Å². The molecule has 0 spiro atoms. The maximum absolute atomic E-state index is 12.2. The highest BCUT2D eigenvalue weighted by atomic mass is 32.1. The second-order valence-electron chi connectivity index (χ2n) is 6.44. The Bertz CT molecular complexity index is 840. The Morgan fingerprint density at radius 3 is 2.77 bits per heavy atom. The number of benzene rings is 1. The SMILES string of the molecule is C[C@@H](CCc1cccn1C)NC(=O)Nc1ncc(Cc2ccccc2)s1. The van der Waals surface area contributed by atoms with Crippen molar-refractivity contribution >= 4 is 22.5 Å². The van der Waals surface area contributed by atoms with Crippen LogP contribution in [0.25, 0.3) is 0 Å². The van der Waals surface area contributed by atoms with Gasteiger partial charge in [-0.05, 0) is 37.5 Å². The molecule has 6 heteroatoms. The molecule has 0 unspecified atom stereocenters. The van der Waals surface area contributed by atoms with E-state index in [0.717, 1.165) is 24.1 Å². The fourth-order valence-electron chi connectivity index (χ4n) is 2.79. The van der Waals surface area contributed by atoms with Crippen LogP contribution in [-0.2, 0) is 19.9 Å². The van der Waals surface area contributed by atoms with Crippen molar-refractivity contribution in [3.63, 3.8) is 0 Å². The molecule has 0 aliphatic carbocycles. The highest BCUT2D eigenvalue weighted by Crippen LogP contribution is 2.21. The summed E-state index contributed by atoms with van der Waals surface area (Å²) in [6, 6.07) is 14.3. The summed E-state index contributed by atoms with van der Waals surface area (Å²) in [7, 11) is 2.04. The van der Waals surface area contributed by atoms with E-state index in [1.54, 1.807) is 0 Å². The molecule has 0 radical (unpaired) electrons. The van der Waals surface area contributed by atoms with E-state index >= 15 is 0 Å². The van der Waals surface area contributed by atoms with Gasteiger partial charge in [-0.2, -0.15) is 0 Å². The number of thiazole rings is 1. The number of hydrogen-bond donors (Lipinski definition) is 2. The fraction of sp³-hybridized carbons (Fsp3) is 0.300. The number of nitrogens with one attached hydrogen (secondary N) is 2. The lowest BCUT2D eigenvalue weighted by atomic mass is 10.1. The highest BCUT2D eigenvalue weighted by molar-refractivity contribution is 7.15. The molecule has 0 aliphatic heterocycles. The molecular formula is C20H24N4OS. The largest absolute Gasteiger partial charge is 0.354 e. The number of anilines is 1. The predicted molar refractivity (Wildman–Crippen MR) is 107 cm³/mol. The molecule has 0 aliphatic rings. The van der Waals surface area contributed by atoms with Gasteiger partial charge in [0.05, 0.1) is 0 Å². The number of rotatable bonds is 7. The minimum Gasteiger partial charge on any atom is -0.354 e. The van der Waals surface area contributed by atoms with E-state index in [1.807, 2.05) is 50.6 Å². The molecule has 0 saturated heterocycles. The normalized spacial score (nSPS) is 11.9. The number of amides is 2. The molecule has 3 rings (SSSR count). The smallest absolute Gasteiger partial charge is 0.321 e. The molecule has 26 heavy (non-hydrogen) atoms. The topological polar surface area (TPSA) is 59.0 Å². The average molecular weight is 369 g/mol. The van der Waals surface area contributed by atoms with Crippen molar-refractivity contribution in [1.29, 1.82) is 0 Å². The molecule has 2 heterocycles. The third-order valence-electron chi connectivity index (χ3n) is 4.26. The van der Waals surface area contributed by atoms with Crippen LogP contribution in [0.4, 0.5) is 9.93 Å². The molecule has 2 N–H and O–H groups in total. The number of nitrogens with zero attached hydrogens (tertiary/aromatic N) is 2. The van der Waals surface area contributed by atoms with Crippen LogP contribution < -0.4 is 10.6 Å². The van der Waals surface area contributed by atoms with Crippen molar-refractivity contribution < 1.29 is 4.79 Å². The summed E-state index contributed by atoms with van der Waals surface area (Å²) in [5.41, 5.74) is 2.51. The first-order valence-corrected chi connectivity index (χ1v) is 9.58. The standard InChI is InChI=1S/C20H24N4OS/c1-15(10-11-17-9-6-12-24(17)2)22-19(25)23-20-21-14-18(26-20)13-16-7-4-3-5-8-16/h3-9,12,14-15H,10-11,13H2,1-2H3,(H2,21,22,23,25)/t15-/m0/s1. The monoisotopic (exact) mass is 368 g/mol. The first kappa shape index (κ1) is 18.2. The number of aromatic nitrogens is 2. The van der Waals surface area contributed by atoms with Gasteiger partial charge in [0.2, 0.25) is 0 Å². The van der Waals surface area contributed by atoms with Crippen LogP contribution >= 0.6 is 11.3 Å². The molecule has 2 amide bonds. The molecule has 3 aromatic rings. The van der Waals surface area contributed by atoms with Crippen molar-refractivity contribution in [2.75, 3.05) is 5.32 Å². The quantitative estimate of drug-likeness (QED) is 0.656. The van der Waals surface area contributed by atoms with Gasteiger partial charge >= 0.3 is 6.03 Å². The van der Waals surface area contributed by atoms with Crippen LogP contribution in [0.2, 0.25) is 0 Å². The second kappa shape index (κ2) is 8.67. The Labute approximate surface area is 158 Å². The van der Waals surface area contributed by atoms with E-state index in [4.69, 9.17) is 0 Å². The number of carbonyl (C=O) groups excluding carboxylic acids is 1. The van der Waals surface area contributed by atoms with Gasteiger partial charge in [0.1, 0.15) is 0 Å². The average Bonchev–Trinajstić information content (AvgIpc) is 3.22. The van der Waals surface area contributed by atoms with Crippen molar-refractivity contribution in [1.82, 2.24) is 14.9 Å². The third kappa shape index (κ3) is 5.20. The Morgan fingerprint density at radius 2 is 2.04 bits per heavy atom. The predicted octanol–water partition coefficient (Wildman–Crippen LogP) is 4.22. The molecule has 1 atom stereocenters. The number of aryl methyl sites for hydroxylation is 2. The Hall–Kier alpha value is -2.60. The molecular weight excluding hydrogens is 344 g/mol. The first-order chi connectivity index (χ1) is 12.6. The van der Waals surface area contributed by atoms with Gasteiger partial charge in [0.25, 0.3) is 0 Å². The summed E-state index contributed by atoms with van der Waals surface area (Å²) in [4.78, 5) is 17.6. The molecule has 0 saturated carbocycles. The van der Waals surface area contributed by atoms with Crippen LogP contribution in [0, 0.1) is 0 Å². The summed E-state index contributed by atoms with van der Waals surface area (Å²) in [5, 5.41) is 6.44. The van der Waals surface area contributed by atoms with Gasteiger partial charge < -0.3 is 9.88 Å². The van der Waals surface area contributed by atoms with Crippen LogP contribution in [0.15, 0.2) is 54.9 Å². The Kier molecular flexibility index (Phi) is 6.07. The van der Waals surface area contributed by atoms with E-state index in [2.05, 4.69) is 38.4 Å². The summed E-state index contributed by atoms with van der Waals surface area (Å²) in [6.45, 7) is 2.02. The van der Waals surface area contributed by atoms with Gasteiger partial charge in [-0.1, -0.05) is 30.3 Å². The van der Waals surface area contributed by atoms with Crippen LogP contribution in [0.5, 0.6) is 0 Å². The van der Waals surface area contributed by atoms with E-state index in [-0.39, 0.29) is 12.1 Å². The van der Waals surface area contributed by atoms with Crippen LogP contribution in [0.1, 0.15) is 29.5 Å². The molecule has 0 fully saturated rings. The number of hydrogen-bond acceptors (Lipinski definition) is 3. The number of urea groups is 1. The van der Waals surface area contributed by atoms with Crippen LogP contribution in [-0.4, -0.2) is 21.6 Å². The molecule has 1 aromatic carbocycles. The van der Waals surface area contributed by atoms with Gasteiger partial charge in [-0.3, -0.25) is 5.32 Å². The summed E-state index contributed by atoms with van der Waals surface area (Å²) in [6.07, 6.45) is 6.52. The number of carbonyl (C=O) groups is 1. The Morgan fingerprint density at radius 1 is 1.23 bits per heavy atom. The fourth-order valence-corrected chi connectivity index (χ4v) is 3.64. The van der Waals surface area contributed by atoms with E-state index in [9.17, 15) is 4.79 Å². The highest BCUT2D eigenvalue weighted by Gasteiger charge is 2.11. The van der Waals surface area contributed by atoms with Gasteiger partial charge in [-0.25, -0.2) is 9.78 Å². The third-order valence-corrected chi connectivity index (χ3v) is 5.17. The lowest BCUT2D eigenvalue weighted by Gasteiger charge is -2.14. The minimum atomic E-state index is -0.204. The molecule has 136 valence electrons. The zero-order chi connectivity index (χ0) is 18.4. The maximum Gasteiger partial charge on any atom is 0.321 e. The van der Waals surface area contributed by atoms with Crippen molar-refractivity contribution in [3.05, 3.63) is 71.0 Å². The molecule has 2 aromatic heterocycles. The summed E-state index contributed by atoms with van der Waals surface area (Å²) < 4.78 is 2.11. The van der Waals surface area contributed by atoms with E-state index in [1.165, 1.54) is 22.6 Å².